The van der Waals surface area contributed by atoms with E-state index in [0.717, 1.165) is 11.4 Å². The number of unbranched alkanes of at least 4 members (excludes halogenated alkanes) is 15. The number of thiophene rings is 1. The Bertz CT molecular complexity index is 416. The minimum atomic E-state index is 0.165. The highest BCUT2D eigenvalue weighted by Crippen LogP contribution is 2.16. The second-order valence-electron chi connectivity index (χ2n) is 7.58. The van der Waals surface area contributed by atoms with Gasteiger partial charge in [0.15, 0.2) is 0 Å². The van der Waals surface area contributed by atoms with Crippen LogP contribution in [0.15, 0.2) is 17.5 Å². The smallest absolute Gasteiger partial charge is 0.224 e. The van der Waals surface area contributed by atoms with Gasteiger partial charge in [-0.25, -0.2) is 0 Å². The lowest BCUT2D eigenvalue weighted by Gasteiger charge is -2.04. The van der Waals surface area contributed by atoms with Crippen molar-refractivity contribution in [3.8, 4) is 0 Å². The summed E-state index contributed by atoms with van der Waals surface area (Å²) in [6, 6.07) is 3.92. The Kier molecular flexibility index (Phi) is 15.7. The van der Waals surface area contributed by atoms with Gasteiger partial charge in [-0.2, -0.15) is 0 Å². The molecule has 150 valence electrons. The zero-order valence-corrected chi connectivity index (χ0v) is 17.9. The van der Waals surface area contributed by atoms with E-state index in [1.54, 1.807) is 11.3 Å². The molecule has 1 aromatic rings. The molecule has 0 unspecified atom stereocenters. The molecule has 0 fully saturated rings. The predicted octanol–water partition coefficient (Wildman–Crippen LogP) is 8.34. The molecule has 2 nitrogen and oxygen atoms in total. The van der Waals surface area contributed by atoms with Crippen LogP contribution in [0, 0.1) is 0 Å². The molecule has 0 aromatic carbocycles. The molecule has 26 heavy (non-hydrogen) atoms. The predicted molar refractivity (Wildman–Crippen MR) is 117 cm³/mol. The van der Waals surface area contributed by atoms with E-state index < -0.39 is 0 Å². The maximum absolute atomic E-state index is 11.8. The second kappa shape index (κ2) is 17.6. The fraction of sp³-hybridized carbons (Fsp3) is 0.783. The molecule has 0 saturated carbocycles. The van der Waals surface area contributed by atoms with Crippen molar-refractivity contribution in [2.24, 2.45) is 0 Å². The molecule has 0 aliphatic rings. The molecule has 0 radical (unpaired) electrons. The first-order chi connectivity index (χ1) is 12.8. The van der Waals surface area contributed by atoms with Crippen LogP contribution in [0.25, 0.3) is 0 Å². The van der Waals surface area contributed by atoms with Gasteiger partial charge in [-0.1, -0.05) is 103 Å². The Morgan fingerprint density at radius 3 is 1.65 bits per heavy atom. The Balaban J connectivity index is 1.72. The lowest BCUT2D eigenvalue weighted by atomic mass is 10.0. The first-order valence-electron chi connectivity index (χ1n) is 11.2. The molecule has 1 rings (SSSR count). The van der Waals surface area contributed by atoms with Gasteiger partial charge in [0.2, 0.25) is 5.91 Å². The number of nitrogens with one attached hydrogen (secondary N) is 1. The van der Waals surface area contributed by atoms with Crippen molar-refractivity contribution in [1.29, 1.82) is 0 Å². The molecular weight excluding hydrogens is 338 g/mol. The molecule has 1 N–H and O–H groups in total. The summed E-state index contributed by atoms with van der Waals surface area (Å²) in [7, 11) is 0. The standard InChI is InChI=1S/C23H41NOS/c1-2-3-4-5-6-7-8-9-10-11-12-13-14-15-16-17-19-22(25)24-23-20-18-21-26-23/h18,20-21H,2-17,19H2,1H3,(H,24,25). The summed E-state index contributed by atoms with van der Waals surface area (Å²) in [4.78, 5) is 11.8. The van der Waals surface area contributed by atoms with Crippen LogP contribution in [0.4, 0.5) is 5.00 Å². The van der Waals surface area contributed by atoms with E-state index in [1.807, 2.05) is 17.5 Å². The first kappa shape index (κ1) is 23.2. The Hall–Kier alpha value is -0.830. The van der Waals surface area contributed by atoms with Gasteiger partial charge >= 0.3 is 0 Å². The van der Waals surface area contributed by atoms with E-state index in [-0.39, 0.29) is 5.91 Å². The lowest BCUT2D eigenvalue weighted by Crippen LogP contribution is -2.09. The van der Waals surface area contributed by atoms with Crippen molar-refractivity contribution in [3.05, 3.63) is 17.5 Å². The monoisotopic (exact) mass is 379 g/mol. The number of carbonyl (C=O) groups excluding carboxylic acids is 1. The molecular formula is C23H41NOS. The number of hydrogen-bond acceptors (Lipinski definition) is 2. The highest BCUT2D eigenvalue weighted by molar-refractivity contribution is 7.14. The molecule has 0 aliphatic carbocycles. The van der Waals surface area contributed by atoms with Crippen molar-refractivity contribution in [3.63, 3.8) is 0 Å². The summed E-state index contributed by atoms with van der Waals surface area (Å²) >= 11 is 1.58. The number of anilines is 1. The highest BCUT2D eigenvalue weighted by atomic mass is 32.1. The van der Waals surface area contributed by atoms with Crippen molar-refractivity contribution >= 4 is 22.2 Å². The van der Waals surface area contributed by atoms with E-state index in [0.29, 0.717) is 6.42 Å². The quantitative estimate of drug-likeness (QED) is 0.255. The zero-order chi connectivity index (χ0) is 18.7. The molecule has 0 atom stereocenters. The van der Waals surface area contributed by atoms with Gasteiger partial charge < -0.3 is 5.32 Å². The molecule has 0 aliphatic heterocycles. The molecule has 0 spiro atoms. The Morgan fingerprint density at radius 2 is 1.23 bits per heavy atom. The molecule has 1 heterocycles. The lowest BCUT2D eigenvalue weighted by molar-refractivity contribution is -0.116. The molecule has 0 saturated heterocycles. The van der Waals surface area contributed by atoms with Gasteiger partial charge in [0.25, 0.3) is 0 Å². The molecule has 1 amide bonds. The molecule has 0 bridgehead atoms. The van der Waals surface area contributed by atoms with E-state index in [1.165, 1.54) is 96.3 Å². The maximum atomic E-state index is 11.8. The average Bonchev–Trinajstić information content (AvgIpc) is 3.14. The van der Waals surface area contributed by atoms with Gasteiger partial charge in [0.05, 0.1) is 5.00 Å². The number of rotatable bonds is 18. The summed E-state index contributed by atoms with van der Waals surface area (Å²) in [6.07, 6.45) is 22.6. The van der Waals surface area contributed by atoms with Gasteiger partial charge in [-0.3, -0.25) is 4.79 Å². The van der Waals surface area contributed by atoms with Crippen LogP contribution >= 0.6 is 11.3 Å². The Morgan fingerprint density at radius 1 is 0.769 bits per heavy atom. The number of carbonyl (C=O) groups is 1. The van der Waals surface area contributed by atoms with Crippen molar-refractivity contribution in [1.82, 2.24) is 0 Å². The second-order valence-corrected chi connectivity index (χ2v) is 8.53. The van der Waals surface area contributed by atoms with Gasteiger partial charge in [0, 0.05) is 6.42 Å². The fourth-order valence-electron chi connectivity index (χ4n) is 3.38. The minimum absolute atomic E-state index is 0.165. The van der Waals surface area contributed by atoms with Crippen LogP contribution in [0.1, 0.15) is 116 Å². The van der Waals surface area contributed by atoms with Gasteiger partial charge in [-0.15, -0.1) is 11.3 Å². The van der Waals surface area contributed by atoms with Crippen LogP contribution in [0.3, 0.4) is 0 Å². The van der Waals surface area contributed by atoms with Gasteiger partial charge in [-0.05, 0) is 23.9 Å². The van der Waals surface area contributed by atoms with Crippen molar-refractivity contribution in [2.75, 3.05) is 5.32 Å². The third-order valence-electron chi connectivity index (χ3n) is 5.04. The minimum Gasteiger partial charge on any atom is -0.318 e. The van der Waals surface area contributed by atoms with Crippen molar-refractivity contribution < 1.29 is 4.79 Å². The third kappa shape index (κ3) is 14.4. The third-order valence-corrected chi connectivity index (χ3v) is 5.83. The van der Waals surface area contributed by atoms with E-state index in [9.17, 15) is 4.79 Å². The van der Waals surface area contributed by atoms with E-state index in [4.69, 9.17) is 0 Å². The van der Waals surface area contributed by atoms with Crippen LogP contribution in [-0.4, -0.2) is 5.91 Å². The van der Waals surface area contributed by atoms with Crippen LogP contribution in [0.2, 0.25) is 0 Å². The molecule has 3 heteroatoms. The van der Waals surface area contributed by atoms with E-state index in [2.05, 4.69) is 12.2 Å². The highest BCUT2D eigenvalue weighted by Gasteiger charge is 2.02. The summed E-state index contributed by atoms with van der Waals surface area (Å²) in [6.45, 7) is 2.28. The average molecular weight is 380 g/mol. The van der Waals surface area contributed by atoms with Crippen LogP contribution < -0.4 is 5.32 Å². The van der Waals surface area contributed by atoms with Crippen LogP contribution in [-0.2, 0) is 4.79 Å². The van der Waals surface area contributed by atoms with Crippen LogP contribution in [0.5, 0.6) is 0 Å². The fourth-order valence-corrected chi connectivity index (χ4v) is 4.02. The topological polar surface area (TPSA) is 29.1 Å². The number of hydrogen-bond donors (Lipinski definition) is 1. The SMILES string of the molecule is CCCCCCCCCCCCCCCCCCC(=O)Nc1cccs1. The maximum Gasteiger partial charge on any atom is 0.224 e. The number of amides is 1. The summed E-state index contributed by atoms with van der Waals surface area (Å²) < 4.78 is 0. The zero-order valence-electron chi connectivity index (χ0n) is 17.1. The first-order valence-corrected chi connectivity index (χ1v) is 12.0. The normalized spacial score (nSPS) is 11.0. The summed E-state index contributed by atoms with van der Waals surface area (Å²) in [5.41, 5.74) is 0. The van der Waals surface area contributed by atoms with Gasteiger partial charge in [0.1, 0.15) is 0 Å². The summed E-state index contributed by atoms with van der Waals surface area (Å²) in [5, 5.41) is 5.91. The van der Waals surface area contributed by atoms with Crippen molar-refractivity contribution in [2.45, 2.75) is 116 Å². The Labute approximate surface area is 166 Å². The largest absolute Gasteiger partial charge is 0.318 e. The molecule has 1 aromatic heterocycles. The summed E-state index contributed by atoms with van der Waals surface area (Å²) in [5.74, 6) is 0.165. The van der Waals surface area contributed by atoms with E-state index >= 15 is 0 Å².